The lowest BCUT2D eigenvalue weighted by molar-refractivity contribution is -0.386. The number of aryl methyl sites for hydroxylation is 1. The summed E-state index contributed by atoms with van der Waals surface area (Å²) in [6.07, 6.45) is 0. The smallest absolute Gasteiger partial charge is 0.334 e. The van der Waals surface area contributed by atoms with Crippen molar-refractivity contribution in [2.45, 2.75) is 30.8 Å². The number of esters is 1. The first-order valence-electron chi connectivity index (χ1n) is 9.57. The molecule has 4 atom stereocenters. The minimum atomic E-state index is -0.711. The Kier molecular flexibility index (Phi) is 5.33. The van der Waals surface area contributed by atoms with E-state index in [9.17, 15) is 14.9 Å². The van der Waals surface area contributed by atoms with Gasteiger partial charge in [-0.15, -0.1) is 0 Å². The van der Waals surface area contributed by atoms with Gasteiger partial charge in [0.15, 0.2) is 5.69 Å². The Morgan fingerprint density at radius 1 is 1.07 bits per heavy atom. The molecule has 1 fully saturated rings. The first kappa shape index (κ1) is 19.8. The van der Waals surface area contributed by atoms with Crippen LogP contribution in [0.5, 0.6) is 0 Å². The molecule has 154 valence electrons. The van der Waals surface area contributed by atoms with Gasteiger partial charge in [0.25, 0.3) is 0 Å². The Hall–Kier alpha value is -3.52. The molecule has 1 aromatic heterocycles. The summed E-state index contributed by atoms with van der Waals surface area (Å²) < 4.78 is 10.6. The normalized spacial score (nSPS) is 23.3. The molecule has 4 rings (SSSR count). The maximum Gasteiger partial charge on any atom is 0.334 e. The van der Waals surface area contributed by atoms with Crippen LogP contribution in [-0.2, 0) is 9.53 Å². The first-order valence-corrected chi connectivity index (χ1v) is 9.57. The zero-order valence-electron chi connectivity index (χ0n) is 16.5. The molecule has 2 heterocycles. The third-order valence-electron chi connectivity index (χ3n) is 5.60. The molecule has 0 unspecified atom stereocenters. The average Bonchev–Trinajstić information content (AvgIpc) is 3.35. The third-order valence-corrected chi connectivity index (χ3v) is 5.60. The van der Waals surface area contributed by atoms with Crippen molar-refractivity contribution in [3.63, 3.8) is 0 Å². The number of carbonyl (C=O) groups excluding carboxylic acids is 1. The van der Waals surface area contributed by atoms with Gasteiger partial charge in [0, 0.05) is 12.0 Å². The molecule has 2 aromatic carbocycles. The number of aromatic nitrogens is 1. The van der Waals surface area contributed by atoms with Crippen LogP contribution in [0.3, 0.4) is 0 Å². The van der Waals surface area contributed by atoms with Gasteiger partial charge in [-0.05, 0) is 18.1 Å². The molecule has 0 radical (unpaired) electrons. The quantitative estimate of drug-likeness (QED) is 0.391. The molecule has 0 aliphatic carbocycles. The number of hydrogen-bond donors (Lipinski definition) is 1. The number of nitro groups is 1. The van der Waals surface area contributed by atoms with Crippen LogP contribution in [0, 0.1) is 17.0 Å². The molecule has 0 amide bonds. The van der Waals surface area contributed by atoms with E-state index in [-0.39, 0.29) is 17.1 Å². The van der Waals surface area contributed by atoms with Crippen LogP contribution in [0.2, 0.25) is 0 Å². The summed E-state index contributed by atoms with van der Waals surface area (Å²) in [4.78, 5) is 24.0. The fourth-order valence-electron chi connectivity index (χ4n) is 4.33. The van der Waals surface area contributed by atoms with Gasteiger partial charge in [0.05, 0.1) is 18.0 Å². The van der Waals surface area contributed by atoms with Crippen molar-refractivity contribution >= 4 is 11.7 Å². The lowest BCUT2D eigenvalue weighted by Gasteiger charge is -2.23. The van der Waals surface area contributed by atoms with Crippen molar-refractivity contribution in [1.82, 2.24) is 10.5 Å². The summed E-state index contributed by atoms with van der Waals surface area (Å²) in [5.74, 6) is -1.28. The summed E-state index contributed by atoms with van der Waals surface area (Å²) in [6, 6.07) is 17.8. The number of rotatable bonds is 5. The largest absolute Gasteiger partial charge is 0.468 e. The minimum Gasteiger partial charge on any atom is -0.468 e. The van der Waals surface area contributed by atoms with E-state index < -0.39 is 34.8 Å². The summed E-state index contributed by atoms with van der Waals surface area (Å²) >= 11 is 0. The van der Waals surface area contributed by atoms with Crippen molar-refractivity contribution < 1.29 is 19.0 Å². The van der Waals surface area contributed by atoms with Crippen LogP contribution in [0.1, 0.15) is 40.5 Å². The topological polar surface area (TPSA) is 108 Å². The molecule has 3 aromatic rings. The van der Waals surface area contributed by atoms with Crippen molar-refractivity contribution in [2.24, 2.45) is 0 Å². The second-order valence-corrected chi connectivity index (χ2v) is 7.26. The summed E-state index contributed by atoms with van der Waals surface area (Å²) in [7, 11) is 1.33. The predicted octanol–water partition coefficient (Wildman–Crippen LogP) is 3.64. The standard InChI is InChI=1S/C22H21N3O5/c1-13-20(25(27)28)21(30-24-13)17-16(14-9-5-3-6-10-14)19(22(26)29-2)23-18(17)15-11-7-4-8-12-15/h3-12,16-19,23H,1-2H3/t16-,17-,18-,19-/m0/s1. The van der Waals surface area contributed by atoms with E-state index in [1.165, 1.54) is 7.11 Å². The van der Waals surface area contributed by atoms with E-state index >= 15 is 0 Å². The van der Waals surface area contributed by atoms with Crippen LogP contribution >= 0.6 is 0 Å². The van der Waals surface area contributed by atoms with Crippen LogP contribution in [-0.4, -0.2) is 29.2 Å². The maximum absolute atomic E-state index is 12.7. The van der Waals surface area contributed by atoms with Crippen LogP contribution < -0.4 is 5.32 Å². The maximum atomic E-state index is 12.7. The van der Waals surface area contributed by atoms with Gasteiger partial charge >= 0.3 is 11.7 Å². The number of methoxy groups -OCH3 is 1. The third kappa shape index (κ3) is 3.35. The SMILES string of the molecule is COC(=O)[C@H]1N[C@@H](c2ccccc2)[C@@H](c2onc(C)c2[N+](=O)[O-])[C@@H]1c1ccccc1. The molecule has 30 heavy (non-hydrogen) atoms. The van der Waals surface area contributed by atoms with E-state index in [1.807, 2.05) is 60.7 Å². The Morgan fingerprint density at radius 2 is 1.67 bits per heavy atom. The fourth-order valence-corrected chi connectivity index (χ4v) is 4.33. The average molecular weight is 407 g/mol. The molecular weight excluding hydrogens is 386 g/mol. The summed E-state index contributed by atoms with van der Waals surface area (Å²) in [5.41, 5.74) is 1.79. The molecule has 1 aliphatic rings. The Balaban J connectivity index is 1.93. The molecule has 8 nitrogen and oxygen atoms in total. The van der Waals surface area contributed by atoms with Gasteiger partial charge in [-0.3, -0.25) is 20.2 Å². The summed E-state index contributed by atoms with van der Waals surface area (Å²) in [5, 5.41) is 19.0. The number of benzene rings is 2. The van der Waals surface area contributed by atoms with Crippen molar-refractivity contribution in [3.05, 3.63) is 93.4 Å². The van der Waals surface area contributed by atoms with E-state index in [2.05, 4.69) is 10.5 Å². The van der Waals surface area contributed by atoms with Gasteiger partial charge in [-0.25, -0.2) is 0 Å². The van der Waals surface area contributed by atoms with Gasteiger partial charge < -0.3 is 9.26 Å². The fraction of sp³-hybridized carbons (Fsp3) is 0.273. The Labute approximate surface area is 173 Å². The van der Waals surface area contributed by atoms with Crippen LogP contribution in [0.25, 0.3) is 0 Å². The second-order valence-electron chi connectivity index (χ2n) is 7.26. The molecule has 1 N–H and O–H groups in total. The first-order chi connectivity index (χ1) is 14.5. The molecular formula is C22H21N3O5. The highest BCUT2D eigenvalue weighted by atomic mass is 16.6. The van der Waals surface area contributed by atoms with Gasteiger partial charge in [-0.1, -0.05) is 65.8 Å². The number of hydrogen-bond acceptors (Lipinski definition) is 7. The number of nitrogens with zero attached hydrogens (tertiary/aromatic N) is 2. The highest BCUT2D eigenvalue weighted by Gasteiger charge is 2.52. The lowest BCUT2D eigenvalue weighted by Crippen LogP contribution is -2.36. The van der Waals surface area contributed by atoms with Crippen LogP contribution in [0.4, 0.5) is 5.69 Å². The summed E-state index contributed by atoms with van der Waals surface area (Å²) in [6.45, 7) is 1.54. The zero-order chi connectivity index (χ0) is 21.3. The molecule has 0 spiro atoms. The minimum absolute atomic E-state index is 0.152. The highest BCUT2D eigenvalue weighted by molar-refractivity contribution is 5.78. The van der Waals surface area contributed by atoms with E-state index in [4.69, 9.17) is 9.26 Å². The van der Waals surface area contributed by atoms with Gasteiger partial charge in [0.1, 0.15) is 6.04 Å². The van der Waals surface area contributed by atoms with Crippen molar-refractivity contribution in [3.8, 4) is 0 Å². The molecule has 0 saturated carbocycles. The van der Waals surface area contributed by atoms with Crippen molar-refractivity contribution in [1.29, 1.82) is 0 Å². The number of ether oxygens (including phenoxy) is 1. The van der Waals surface area contributed by atoms with Crippen molar-refractivity contribution in [2.75, 3.05) is 7.11 Å². The van der Waals surface area contributed by atoms with Crippen LogP contribution in [0.15, 0.2) is 65.2 Å². The zero-order valence-corrected chi connectivity index (χ0v) is 16.5. The Bertz CT molecular complexity index is 1050. The van der Waals surface area contributed by atoms with Gasteiger partial charge in [0.2, 0.25) is 5.76 Å². The predicted molar refractivity (Wildman–Crippen MR) is 108 cm³/mol. The second kappa shape index (κ2) is 8.08. The number of nitrogens with one attached hydrogen (secondary N) is 1. The molecule has 0 bridgehead atoms. The van der Waals surface area contributed by atoms with E-state index in [1.54, 1.807) is 6.92 Å². The molecule has 1 saturated heterocycles. The van der Waals surface area contributed by atoms with Gasteiger partial charge in [-0.2, -0.15) is 0 Å². The monoisotopic (exact) mass is 407 g/mol. The Morgan fingerprint density at radius 3 is 2.23 bits per heavy atom. The molecule has 1 aliphatic heterocycles. The number of carbonyl (C=O) groups is 1. The van der Waals surface area contributed by atoms with E-state index in [0.717, 1.165) is 11.1 Å². The highest BCUT2D eigenvalue weighted by Crippen LogP contribution is 2.52. The van der Waals surface area contributed by atoms with E-state index in [0.29, 0.717) is 0 Å². The lowest BCUT2D eigenvalue weighted by atomic mass is 9.78. The molecule has 8 heteroatoms.